The summed E-state index contributed by atoms with van der Waals surface area (Å²) in [5.74, 6) is -4.56. The number of hydrogen-bond donors (Lipinski definition) is 1. The van der Waals surface area contributed by atoms with Crippen LogP contribution in [0.25, 0.3) is 11.3 Å². The van der Waals surface area contributed by atoms with E-state index in [1.807, 2.05) is 0 Å². The summed E-state index contributed by atoms with van der Waals surface area (Å²) in [5.41, 5.74) is -2.13. The number of phenolic OH excluding ortho intramolecular Hbond substituents is 1. The van der Waals surface area contributed by atoms with E-state index in [-0.39, 0.29) is 0 Å². The van der Waals surface area contributed by atoms with E-state index in [9.17, 15) is 22.4 Å². The first kappa shape index (κ1) is 14.8. The van der Waals surface area contributed by atoms with Gasteiger partial charge in [0.2, 0.25) is 0 Å². The molecule has 1 heterocycles. The van der Waals surface area contributed by atoms with Gasteiger partial charge in [-0.25, -0.2) is 9.18 Å². The van der Waals surface area contributed by atoms with Gasteiger partial charge in [0.1, 0.15) is 22.8 Å². The number of ether oxygens (including phenoxy) is 1. The van der Waals surface area contributed by atoms with Crippen LogP contribution in [0.1, 0.15) is 16.1 Å². The van der Waals surface area contributed by atoms with Crippen LogP contribution in [-0.4, -0.2) is 23.3 Å². The summed E-state index contributed by atoms with van der Waals surface area (Å²) in [6.45, 7) is 0. The zero-order chi connectivity index (χ0) is 15.8. The topological polar surface area (TPSA) is 72.6 Å². The van der Waals surface area contributed by atoms with Gasteiger partial charge in [-0.2, -0.15) is 13.2 Å². The lowest BCUT2D eigenvalue weighted by Crippen LogP contribution is -2.12. The molecule has 0 saturated carbocycles. The predicted molar refractivity (Wildman–Crippen MR) is 59.9 cm³/mol. The van der Waals surface area contributed by atoms with Crippen molar-refractivity contribution in [3.05, 3.63) is 35.3 Å². The number of carbonyl (C=O) groups is 1. The number of alkyl halides is 3. The Morgan fingerprint density at radius 1 is 1.38 bits per heavy atom. The third kappa shape index (κ3) is 2.67. The van der Waals surface area contributed by atoms with Crippen LogP contribution >= 0.6 is 0 Å². The van der Waals surface area contributed by atoms with Crippen molar-refractivity contribution in [3.8, 4) is 17.0 Å². The Kier molecular flexibility index (Phi) is 3.58. The number of methoxy groups -OCH3 is 1. The number of aromatic hydroxyl groups is 1. The van der Waals surface area contributed by atoms with Gasteiger partial charge in [-0.3, -0.25) is 0 Å². The summed E-state index contributed by atoms with van der Waals surface area (Å²) in [4.78, 5) is 11.5. The first-order valence-electron chi connectivity index (χ1n) is 5.39. The van der Waals surface area contributed by atoms with E-state index in [0.717, 1.165) is 19.2 Å². The summed E-state index contributed by atoms with van der Waals surface area (Å²) < 4.78 is 60.4. The minimum absolute atomic E-state index is 0.435. The fourth-order valence-corrected chi connectivity index (χ4v) is 1.65. The van der Waals surface area contributed by atoms with Crippen LogP contribution in [-0.2, 0) is 10.9 Å². The quantitative estimate of drug-likeness (QED) is 0.682. The standard InChI is InChI=1S/C12H7F4NO4/c1-20-11(19)8-9(17-21-10(8)12(14,15)16)6-3-2-5(18)4-7(6)13/h2-4,18H,1H3. The third-order valence-electron chi connectivity index (χ3n) is 2.55. The van der Waals surface area contributed by atoms with E-state index in [2.05, 4.69) is 14.4 Å². The van der Waals surface area contributed by atoms with E-state index >= 15 is 0 Å². The van der Waals surface area contributed by atoms with E-state index in [1.165, 1.54) is 0 Å². The first-order chi connectivity index (χ1) is 9.75. The van der Waals surface area contributed by atoms with Gasteiger partial charge in [-0.05, 0) is 12.1 Å². The molecule has 0 aliphatic rings. The number of nitrogens with zero attached hydrogens (tertiary/aromatic N) is 1. The Hall–Kier alpha value is -2.58. The maximum absolute atomic E-state index is 13.7. The Bertz CT molecular complexity index is 693. The van der Waals surface area contributed by atoms with Gasteiger partial charge >= 0.3 is 12.1 Å². The highest BCUT2D eigenvalue weighted by molar-refractivity contribution is 5.97. The maximum atomic E-state index is 13.7. The van der Waals surface area contributed by atoms with Gasteiger partial charge in [0.05, 0.1) is 7.11 Å². The molecule has 0 radical (unpaired) electrons. The third-order valence-corrected chi connectivity index (χ3v) is 2.55. The molecule has 2 aromatic rings. The van der Waals surface area contributed by atoms with E-state index in [1.54, 1.807) is 0 Å². The SMILES string of the molecule is COC(=O)c1c(-c2ccc(O)cc2F)noc1C(F)(F)F. The molecule has 112 valence electrons. The maximum Gasteiger partial charge on any atom is 0.453 e. The van der Waals surface area contributed by atoms with Crippen molar-refractivity contribution in [2.75, 3.05) is 7.11 Å². The molecule has 1 aromatic heterocycles. The summed E-state index contributed by atoms with van der Waals surface area (Å²) in [5, 5.41) is 12.2. The van der Waals surface area contributed by atoms with Gasteiger partial charge in [0.15, 0.2) is 0 Å². The normalized spacial score (nSPS) is 11.5. The van der Waals surface area contributed by atoms with Crippen molar-refractivity contribution in [2.45, 2.75) is 6.18 Å². The molecular weight excluding hydrogens is 298 g/mol. The summed E-state index contributed by atoms with van der Waals surface area (Å²) in [7, 11) is 0.868. The second-order valence-electron chi connectivity index (χ2n) is 3.89. The Morgan fingerprint density at radius 3 is 2.57 bits per heavy atom. The molecule has 0 saturated heterocycles. The van der Waals surface area contributed by atoms with Crippen molar-refractivity contribution in [2.24, 2.45) is 0 Å². The number of carbonyl (C=O) groups excluding carboxylic acids is 1. The summed E-state index contributed by atoms with van der Waals surface area (Å²) >= 11 is 0. The molecule has 1 aromatic carbocycles. The van der Waals surface area contributed by atoms with Crippen molar-refractivity contribution in [1.82, 2.24) is 5.16 Å². The van der Waals surface area contributed by atoms with E-state index in [0.29, 0.717) is 6.07 Å². The van der Waals surface area contributed by atoms with Gasteiger partial charge in [-0.1, -0.05) is 5.16 Å². The summed E-state index contributed by atoms with van der Waals surface area (Å²) in [6.07, 6.45) is -5.00. The number of hydrogen-bond acceptors (Lipinski definition) is 5. The number of esters is 1. The molecule has 0 aliphatic heterocycles. The van der Waals surface area contributed by atoms with Crippen LogP contribution in [0.2, 0.25) is 0 Å². The Balaban J connectivity index is 2.70. The lowest BCUT2D eigenvalue weighted by Gasteiger charge is -2.05. The average molecular weight is 305 g/mol. The Morgan fingerprint density at radius 2 is 2.05 bits per heavy atom. The van der Waals surface area contributed by atoms with Gasteiger partial charge in [-0.15, -0.1) is 0 Å². The van der Waals surface area contributed by atoms with Gasteiger partial charge in [0, 0.05) is 11.6 Å². The molecule has 5 nitrogen and oxygen atoms in total. The Labute approximate surface area is 114 Å². The smallest absolute Gasteiger partial charge is 0.453 e. The largest absolute Gasteiger partial charge is 0.508 e. The van der Waals surface area contributed by atoms with Crippen LogP contribution in [0, 0.1) is 5.82 Å². The molecule has 0 fully saturated rings. The van der Waals surface area contributed by atoms with E-state index in [4.69, 9.17) is 5.11 Å². The fourth-order valence-electron chi connectivity index (χ4n) is 1.65. The molecule has 0 spiro atoms. The van der Waals surface area contributed by atoms with Crippen molar-refractivity contribution < 1.29 is 36.7 Å². The minimum Gasteiger partial charge on any atom is -0.508 e. The first-order valence-corrected chi connectivity index (χ1v) is 5.39. The molecule has 0 atom stereocenters. The van der Waals surface area contributed by atoms with Crippen LogP contribution in [0.3, 0.4) is 0 Å². The van der Waals surface area contributed by atoms with Crippen LogP contribution in [0.5, 0.6) is 5.75 Å². The highest BCUT2D eigenvalue weighted by Crippen LogP contribution is 2.38. The zero-order valence-corrected chi connectivity index (χ0v) is 10.4. The number of phenols is 1. The number of rotatable bonds is 2. The molecule has 0 aliphatic carbocycles. The minimum atomic E-state index is -5.00. The second-order valence-corrected chi connectivity index (χ2v) is 3.89. The molecule has 0 amide bonds. The lowest BCUT2D eigenvalue weighted by molar-refractivity contribution is -0.156. The highest BCUT2D eigenvalue weighted by atomic mass is 19.4. The zero-order valence-electron chi connectivity index (χ0n) is 10.4. The number of halogens is 4. The summed E-state index contributed by atoms with van der Waals surface area (Å²) in [6, 6.07) is 2.66. The molecule has 0 unspecified atom stereocenters. The molecule has 21 heavy (non-hydrogen) atoms. The van der Waals surface area contributed by atoms with Crippen LogP contribution in [0.15, 0.2) is 22.7 Å². The van der Waals surface area contributed by atoms with Crippen LogP contribution in [0.4, 0.5) is 17.6 Å². The fraction of sp³-hybridized carbons (Fsp3) is 0.167. The molecule has 1 N–H and O–H groups in total. The predicted octanol–water partition coefficient (Wildman–Crippen LogP) is 2.99. The van der Waals surface area contributed by atoms with Gasteiger partial charge < -0.3 is 14.4 Å². The molecular formula is C12H7F4NO4. The monoisotopic (exact) mass is 305 g/mol. The van der Waals surface area contributed by atoms with Gasteiger partial charge in [0.25, 0.3) is 5.76 Å². The van der Waals surface area contributed by atoms with Crippen LogP contribution < -0.4 is 0 Å². The average Bonchev–Trinajstić information content (AvgIpc) is 2.82. The highest BCUT2D eigenvalue weighted by Gasteiger charge is 2.43. The molecule has 0 bridgehead atoms. The number of benzene rings is 1. The van der Waals surface area contributed by atoms with E-state index < -0.39 is 46.3 Å². The van der Waals surface area contributed by atoms with Crippen molar-refractivity contribution >= 4 is 5.97 Å². The second kappa shape index (κ2) is 5.08. The molecule has 9 heteroatoms. The number of aromatic nitrogens is 1. The molecule has 2 rings (SSSR count). The lowest BCUT2D eigenvalue weighted by atomic mass is 10.0. The van der Waals surface area contributed by atoms with Crippen molar-refractivity contribution in [3.63, 3.8) is 0 Å². The van der Waals surface area contributed by atoms with Crippen molar-refractivity contribution in [1.29, 1.82) is 0 Å².